The minimum absolute atomic E-state index is 0.0158. The van der Waals surface area contributed by atoms with Crippen LogP contribution in [0.15, 0.2) is 48.7 Å². The number of nitrogens with zero attached hydrogens (tertiary/aromatic N) is 4. The predicted octanol–water partition coefficient (Wildman–Crippen LogP) is 2.97. The monoisotopic (exact) mass is 408 g/mol. The number of piperazine rings is 1. The number of hydrogen-bond donors (Lipinski definition) is 0. The van der Waals surface area contributed by atoms with Crippen molar-refractivity contribution in [2.24, 2.45) is 0 Å². The van der Waals surface area contributed by atoms with Crippen LogP contribution < -0.4 is 14.5 Å². The summed E-state index contributed by atoms with van der Waals surface area (Å²) in [4.78, 5) is 16.0. The Morgan fingerprint density at radius 1 is 1.07 bits per heavy atom. The van der Waals surface area contributed by atoms with Crippen LogP contribution in [0.25, 0.3) is 10.9 Å². The third-order valence-corrected chi connectivity index (χ3v) is 5.52. The molecule has 0 radical (unpaired) electrons. The van der Waals surface area contributed by atoms with Crippen molar-refractivity contribution in [3.8, 4) is 11.5 Å². The summed E-state index contributed by atoms with van der Waals surface area (Å²) in [5.41, 5.74) is 1.78. The van der Waals surface area contributed by atoms with E-state index in [0.717, 1.165) is 44.7 Å². The van der Waals surface area contributed by atoms with E-state index in [1.54, 1.807) is 26.2 Å². The third-order valence-electron chi connectivity index (χ3n) is 5.52. The Labute approximate surface area is 176 Å². The number of ketones is 1. The molecule has 0 saturated carbocycles. The van der Waals surface area contributed by atoms with E-state index in [9.17, 15) is 4.79 Å². The van der Waals surface area contributed by atoms with Gasteiger partial charge < -0.3 is 9.47 Å². The second-order valence-electron chi connectivity index (χ2n) is 7.51. The summed E-state index contributed by atoms with van der Waals surface area (Å²) < 4.78 is 11.3. The molecule has 1 aliphatic heterocycles. The molecule has 7 heteroatoms. The van der Waals surface area contributed by atoms with Crippen LogP contribution in [0.4, 0.5) is 0 Å². The summed E-state index contributed by atoms with van der Waals surface area (Å²) >= 11 is 0. The van der Waals surface area contributed by atoms with E-state index in [0.29, 0.717) is 23.7 Å². The van der Waals surface area contributed by atoms with Crippen LogP contribution in [-0.2, 0) is 0 Å². The number of carbonyl (C=O) groups excluding carboxylic acids is 1. The summed E-state index contributed by atoms with van der Waals surface area (Å²) in [6.45, 7) is 7.06. The highest BCUT2D eigenvalue weighted by molar-refractivity contribution is 5.94. The molecule has 1 aliphatic rings. The van der Waals surface area contributed by atoms with Crippen LogP contribution in [0.2, 0.25) is 0 Å². The van der Waals surface area contributed by atoms with Crippen LogP contribution in [-0.4, -0.2) is 67.0 Å². The number of carbonyl (C=O) groups is 1. The summed E-state index contributed by atoms with van der Waals surface area (Å²) in [5.74, 6) is 1.29. The molecule has 1 aromatic heterocycles. The van der Waals surface area contributed by atoms with Crippen molar-refractivity contribution < 1.29 is 14.3 Å². The molecule has 2 aromatic carbocycles. The van der Waals surface area contributed by atoms with E-state index >= 15 is 0 Å². The average molecular weight is 409 g/mol. The minimum Gasteiger partial charge on any atom is -0.493 e. The number of Topliss-reactive ketones (excluding diaryl/α,β-unsaturated/α-hetero) is 1. The van der Waals surface area contributed by atoms with Crippen LogP contribution in [0.1, 0.15) is 23.7 Å². The molecule has 0 spiro atoms. The van der Waals surface area contributed by atoms with Gasteiger partial charge in [0, 0.05) is 43.7 Å². The normalized spacial score (nSPS) is 14.8. The maximum atomic E-state index is 11.5. The van der Waals surface area contributed by atoms with E-state index in [4.69, 9.17) is 9.47 Å². The molecular formula is C23H28N4O3. The van der Waals surface area contributed by atoms with Crippen molar-refractivity contribution in [2.75, 3.05) is 51.4 Å². The van der Waals surface area contributed by atoms with Crippen molar-refractivity contribution in [3.05, 3.63) is 54.2 Å². The number of para-hydroxylation sites is 1. The van der Waals surface area contributed by atoms with Gasteiger partial charge in [-0.25, -0.2) is 0 Å². The fraction of sp³-hybridized carbons (Fsp3) is 0.391. The largest absolute Gasteiger partial charge is 0.493 e. The van der Waals surface area contributed by atoms with Gasteiger partial charge in [0.15, 0.2) is 17.3 Å². The van der Waals surface area contributed by atoms with Gasteiger partial charge in [-0.05, 0) is 37.6 Å². The zero-order chi connectivity index (χ0) is 20.9. The molecule has 30 heavy (non-hydrogen) atoms. The summed E-state index contributed by atoms with van der Waals surface area (Å²) in [6.07, 6.45) is 2.86. The summed E-state index contributed by atoms with van der Waals surface area (Å²) in [6, 6.07) is 13.6. The van der Waals surface area contributed by atoms with Crippen molar-refractivity contribution in [1.29, 1.82) is 0 Å². The zero-order valence-electron chi connectivity index (χ0n) is 17.6. The van der Waals surface area contributed by atoms with Gasteiger partial charge in [0.2, 0.25) is 0 Å². The Kier molecular flexibility index (Phi) is 6.18. The maximum absolute atomic E-state index is 11.5. The molecule has 4 rings (SSSR count). The van der Waals surface area contributed by atoms with E-state index < -0.39 is 0 Å². The molecule has 0 atom stereocenters. The molecule has 0 N–H and O–H groups in total. The fourth-order valence-corrected chi connectivity index (χ4v) is 3.81. The highest BCUT2D eigenvalue weighted by atomic mass is 16.5. The molecule has 2 heterocycles. The second kappa shape index (κ2) is 9.17. The number of fused-ring (bicyclic) bond motifs is 1. The Morgan fingerprint density at radius 2 is 1.87 bits per heavy atom. The predicted molar refractivity (Wildman–Crippen MR) is 117 cm³/mol. The number of hydrogen-bond acceptors (Lipinski definition) is 6. The summed E-state index contributed by atoms with van der Waals surface area (Å²) in [5, 5.41) is 8.03. The van der Waals surface area contributed by atoms with E-state index in [-0.39, 0.29) is 5.78 Å². The zero-order valence-corrected chi connectivity index (χ0v) is 17.6. The maximum Gasteiger partial charge on any atom is 0.161 e. The first-order chi connectivity index (χ1) is 14.7. The van der Waals surface area contributed by atoms with Gasteiger partial charge in [0.05, 0.1) is 25.4 Å². The molecule has 158 valence electrons. The molecule has 0 bridgehead atoms. The van der Waals surface area contributed by atoms with Crippen LogP contribution in [0.5, 0.6) is 11.5 Å². The van der Waals surface area contributed by atoms with Crippen molar-refractivity contribution >= 4 is 16.7 Å². The van der Waals surface area contributed by atoms with Gasteiger partial charge in [-0.15, -0.1) is 0 Å². The van der Waals surface area contributed by atoms with Gasteiger partial charge in [-0.1, -0.05) is 18.2 Å². The standard InChI is InChI=1S/C23H28N4O3/c1-18(28)19-8-9-22(23(16-19)29-2)30-15-5-10-25-11-13-26(14-12-25)27-21-7-4-3-6-20(21)17-24-27/h3-4,6-9,16-17H,5,10-15H2,1-2H3. The lowest BCUT2D eigenvalue weighted by molar-refractivity contribution is 0.101. The molecule has 0 amide bonds. The van der Waals surface area contributed by atoms with Crippen molar-refractivity contribution in [3.63, 3.8) is 0 Å². The molecule has 3 aromatic rings. The first kappa shape index (κ1) is 20.2. The first-order valence-corrected chi connectivity index (χ1v) is 10.4. The van der Waals surface area contributed by atoms with Gasteiger partial charge in [0.25, 0.3) is 0 Å². The number of aromatic nitrogens is 2. The molecule has 7 nitrogen and oxygen atoms in total. The lowest BCUT2D eigenvalue weighted by atomic mass is 10.1. The van der Waals surface area contributed by atoms with Gasteiger partial charge in [0.1, 0.15) is 0 Å². The van der Waals surface area contributed by atoms with Crippen molar-refractivity contribution in [1.82, 2.24) is 14.8 Å². The Morgan fingerprint density at radius 3 is 2.63 bits per heavy atom. The quantitative estimate of drug-likeness (QED) is 0.422. The Balaban J connectivity index is 1.23. The van der Waals surface area contributed by atoms with Gasteiger partial charge in [-0.2, -0.15) is 9.89 Å². The third kappa shape index (κ3) is 4.41. The Bertz CT molecular complexity index is 1010. The molecular weight excluding hydrogens is 380 g/mol. The number of benzene rings is 2. The highest BCUT2D eigenvalue weighted by Crippen LogP contribution is 2.28. The molecule has 0 aliphatic carbocycles. The lowest BCUT2D eigenvalue weighted by Crippen LogP contribution is -2.51. The van der Waals surface area contributed by atoms with Crippen LogP contribution in [0.3, 0.4) is 0 Å². The average Bonchev–Trinajstić information content (AvgIpc) is 3.21. The second-order valence-corrected chi connectivity index (χ2v) is 7.51. The molecule has 1 saturated heterocycles. The number of ether oxygens (including phenoxy) is 2. The lowest BCUT2D eigenvalue weighted by Gasteiger charge is -2.35. The Hall–Kier alpha value is -3.06. The van der Waals surface area contributed by atoms with Gasteiger partial charge in [-0.3, -0.25) is 14.7 Å². The van der Waals surface area contributed by atoms with Crippen molar-refractivity contribution in [2.45, 2.75) is 13.3 Å². The SMILES string of the molecule is COc1cc(C(C)=O)ccc1OCCCN1CCN(n2ncc3ccccc32)CC1. The first-order valence-electron chi connectivity index (χ1n) is 10.4. The molecule has 1 fully saturated rings. The van der Waals surface area contributed by atoms with E-state index in [2.05, 4.69) is 33.2 Å². The van der Waals surface area contributed by atoms with Crippen LogP contribution >= 0.6 is 0 Å². The highest BCUT2D eigenvalue weighted by Gasteiger charge is 2.18. The van der Waals surface area contributed by atoms with E-state index in [1.165, 1.54) is 5.39 Å². The number of rotatable bonds is 8. The fourth-order valence-electron chi connectivity index (χ4n) is 3.81. The van der Waals surface area contributed by atoms with Crippen LogP contribution in [0, 0.1) is 0 Å². The number of methoxy groups -OCH3 is 1. The smallest absolute Gasteiger partial charge is 0.161 e. The minimum atomic E-state index is 0.0158. The van der Waals surface area contributed by atoms with E-state index in [1.807, 2.05) is 23.1 Å². The van der Waals surface area contributed by atoms with Gasteiger partial charge >= 0.3 is 0 Å². The topological polar surface area (TPSA) is 59.8 Å². The molecule has 0 unspecified atom stereocenters. The summed E-state index contributed by atoms with van der Waals surface area (Å²) in [7, 11) is 1.59.